The number of rotatable bonds is 5. The van der Waals surface area contributed by atoms with Crippen LogP contribution in [0, 0.1) is 5.92 Å². The second-order valence-corrected chi connectivity index (χ2v) is 3.43. The van der Waals surface area contributed by atoms with Gasteiger partial charge in [0.15, 0.2) is 0 Å². The van der Waals surface area contributed by atoms with Gasteiger partial charge in [-0.1, -0.05) is 20.3 Å². The van der Waals surface area contributed by atoms with Gasteiger partial charge in [0.1, 0.15) is 0 Å². The van der Waals surface area contributed by atoms with Crippen molar-refractivity contribution in [2.45, 2.75) is 33.2 Å². The summed E-state index contributed by atoms with van der Waals surface area (Å²) in [5.74, 6) is -0.206. The third kappa shape index (κ3) is 3.72. The molecular weight excluding hydrogens is 154 g/mol. The number of carboxylic acids is 1. The van der Waals surface area contributed by atoms with Gasteiger partial charge in [-0.15, -0.1) is 0 Å². The smallest absolute Gasteiger partial charge is 0.317 e. The van der Waals surface area contributed by atoms with Crippen LogP contribution in [-0.4, -0.2) is 35.6 Å². The van der Waals surface area contributed by atoms with Crippen LogP contribution in [0.5, 0.6) is 0 Å². The highest BCUT2D eigenvalue weighted by molar-refractivity contribution is 5.69. The lowest BCUT2D eigenvalue weighted by Crippen LogP contribution is -2.37. The number of aliphatic carboxylic acids is 1. The zero-order valence-corrected chi connectivity index (χ0v) is 8.37. The SMILES string of the molecule is CC[C@@H](C)C(C)N(C)CC(=O)O. The third-order valence-electron chi connectivity index (χ3n) is 2.55. The minimum absolute atomic E-state index is 0.130. The van der Waals surface area contributed by atoms with Gasteiger partial charge in [0.25, 0.3) is 0 Å². The first-order valence-electron chi connectivity index (χ1n) is 4.41. The van der Waals surface area contributed by atoms with Gasteiger partial charge in [-0.2, -0.15) is 0 Å². The summed E-state index contributed by atoms with van der Waals surface area (Å²) < 4.78 is 0. The van der Waals surface area contributed by atoms with Crippen LogP contribution in [0.4, 0.5) is 0 Å². The molecule has 12 heavy (non-hydrogen) atoms. The number of hydrogen-bond donors (Lipinski definition) is 1. The summed E-state index contributed by atoms with van der Waals surface area (Å²) in [5.41, 5.74) is 0. The minimum atomic E-state index is -0.757. The molecule has 3 nitrogen and oxygen atoms in total. The van der Waals surface area contributed by atoms with Gasteiger partial charge in [0.2, 0.25) is 0 Å². The van der Waals surface area contributed by atoms with Gasteiger partial charge in [0, 0.05) is 6.04 Å². The number of carboxylic acid groups (broad SMARTS) is 1. The van der Waals surface area contributed by atoms with Crippen LogP contribution in [0.2, 0.25) is 0 Å². The predicted octanol–water partition coefficient (Wildman–Crippen LogP) is 1.44. The molecule has 0 saturated heterocycles. The van der Waals surface area contributed by atoms with Crippen molar-refractivity contribution in [1.29, 1.82) is 0 Å². The summed E-state index contributed by atoms with van der Waals surface area (Å²) in [6.07, 6.45) is 1.09. The quantitative estimate of drug-likeness (QED) is 0.684. The van der Waals surface area contributed by atoms with E-state index in [-0.39, 0.29) is 6.54 Å². The van der Waals surface area contributed by atoms with E-state index < -0.39 is 5.97 Å². The molecule has 2 atom stereocenters. The van der Waals surface area contributed by atoms with Crippen LogP contribution in [0.3, 0.4) is 0 Å². The summed E-state index contributed by atoms with van der Waals surface area (Å²) in [5, 5.41) is 8.55. The van der Waals surface area contributed by atoms with E-state index >= 15 is 0 Å². The van der Waals surface area contributed by atoms with Gasteiger partial charge < -0.3 is 5.11 Å². The second-order valence-electron chi connectivity index (χ2n) is 3.43. The maximum Gasteiger partial charge on any atom is 0.317 e. The van der Waals surface area contributed by atoms with Crippen molar-refractivity contribution in [3.8, 4) is 0 Å². The first-order valence-corrected chi connectivity index (χ1v) is 4.41. The van der Waals surface area contributed by atoms with Crippen molar-refractivity contribution in [3.05, 3.63) is 0 Å². The lowest BCUT2D eigenvalue weighted by molar-refractivity contribution is -0.138. The lowest BCUT2D eigenvalue weighted by Gasteiger charge is -2.27. The standard InChI is InChI=1S/C9H19NO2/c1-5-7(2)8(3)10(4)6-9(11)12/h7-8H,5-6H2,1-4H3,(H,11,12)/t7-,8?/m1/s1. The maximum atomic E-state index is 10.4. The molecule has 0 fully saturated rings. The fourth-order valence-electron chi connectivity index (χ4n) is 1.13. The summed E-state index contributed by atoms with van der Waals surface area (Å²) in [6.45, 7) is 6.46. The molecule has 0 aliphatic rings. The molecule has 0 amide bonds. The van der Waals surface area contributed by atoms with Crippen LogP contribution in [0.1, 0.15) is 27.2 Å². The maximum absolute atomic E-state index is 10.4. The van der Waals surface area contributed by atoms with Crippen molar-refractivity contribution < 1.29 is 9.90 Å². The van der Waals surface area contributed by atoms with Crippen molar-refractivity contribution in [1.82, 2.24) is 4.90 Å². The van der Waals surface area contributed by atoms with Crippen LogP contribution < -0.4 is 0 Å². The number of carbonyl (C=O) groups is 1. The Balaban J connectivity index is 3.91. The summed E-state index contributed by atoms with van der Waals surface area (Å²) in [4.78, 5) is 12.3. The number of nitrogens with zero attached hydrogens (tertiary/aromatic N) is 1. The average molecular weight is 173 g/mol. The van der Waals surface area contributed by atoms with Gasteiger partial charge in [-0.05, 0) is 19.9 Å². The highest BCUT2D eigenvalue weighted by Gasteiger charge is 2.16. The normalized spacial score (nSPS) is 16.1. The molecule has 0 aliphatic carbocycles. The Morgan fingerprint density at radius 2 is 2.00 bits per heavy atom. The van der Waals surface area contributed by atoms with Gasteiger partial charge >= 0.3 is 5.97 Å². The van der Waals surface area contributed by atoms with E-state index in [9.17, 15) is 4.79 Å². The van der Waals surface area contributed by atoms with E-state index in [0.717, 1.165) is 6.42 Å². The van der Waals surface area contributed by atoms with Gasteiger partial charge in [-0.25, -0.2) is 0 Å². The highest BCUT2D eigenvalue weighted by Crippen LogP contribution is 2.11. The second kappa shape index (κ2) is 5.14. The van der Waals surface area contributed by atoms with E-state index in [1.54, 1.807) is 0 Å². The van der Waals surface area contributed by atoms with Crippen molar-refractivity contribution in [3.63, 3.8) is 0 Å². The lowest BCUT2D eigenvalue weighted by atomic mass is 10.00. The van der Waals surface area contributed by atoms with Crippen LogP contribution in [0.15, 0.2) is 0 Å². The molecule has 72 valence electrons. The zero-order chi connectivity index (χ0) is 9.72. The fraction of sp³-hybridized carbons (Fsp3) is 0.889. The van der Waals surface area contributed by atoms with Crippen LogP contribution in [0.25, 0.3) is 0 Å². The zero-order valence-electron chi connectivity index (χ0n) is 8.37. The molecule has 0 aromatic carbocycles. The topological polar surface area (TPSA) is 40.5 Å². The van der Waals surface area contributed by atoms with Gasteiger partial charge in [-0.3, -0.25) is 9.69 Å². The average Bonchev–Trinajstić information content (AvgIpc) is 2.00. The molecule has 0 saturated carbocycles. The third-order valence-corrected chi connectivity index (χ3v) is 2.55. The molecular formula is C9H19NO2. The summed E-state index contributed by atoms with van der Waals surface area (Å²) in [7, 11) is 1.85. The molecule has 1 unspecified atom stereocenters. The minimum Gasteiger partial charge on any atom is -0.480 e. The monoisotopic (exact) mass is 173 g/mol. The Labute approximate surface area is 74.4 Å². The molecule has 0 aliphatic heterocycles. The number of likely N-dealkylation sites (N-methyl/N-ethyl adjacent to an activating group) is 1. The Kier molecular flexibility index (Phi) is 4.90. The molecule has 0 aromatic rings. The Morgan fingerprint density at radius 3 is 2.33 bits per heavy atom. The molecule has 0 rings (SSSR count). The van der Waals surface area contributed by atoms with E-state index in [2.05, 4.69) is 20.8 Å². The van der Waals surface area contributed by atoms with Crippen molar-refractivity contribution in [2.24, 2.45) is 5.92 Å². The first-order chi connectivity index (χ1) is 5.49. The Morgan fingerprint density at radius 1 is 1.50 bits per heavy atom. The highest BCUT2D eigenvalue weighted by atomic mass is 16.4. The van der Waals surface area contributed by atoms with E-state index in [1.807, 2.05) is 11.9 Å². The Bertz CT molecular complexity index is 147. The largest absolute Gasteiger partial charge is 0.480 e. The molecule has 0 heterocycles. The molecule has 0 spiro atoms. The number of hydrogen-bond acceptors (Lipinski definition) is 2. The predicted molar refractivity (Wildman–Crippen MR) is 49.2 cm³/mol. The summed E-state index contributed by atoms with van der Waals surface area (Å²) >= 11 is 0. The van der Waals surface area contributed by atoms with E-state index in [4.69, 9.17) is 5.11 Å². The molecule has 1 N–H and O–H groups in total. The van der Waals surface area contributed by atoms with Crippen LogP contribution >= 0.6 is 0 Å². The fourth-order valence-corrected chi connectivity index (χ4v) is 1.13. The Hall–Kier alpha value is -0.570. The molecule has 0 aromatic heterocycles. The van der Waals surface area contributed by atoms with Crippen molar-refractivity contribution in [2.75, 3.05) is 13.6 Å². The van der Waals surface area contributed by atoms with E-state index in [0.29, 0.717) is 12.0 Å². The van der Waals surface area contributed by atoms with Crippen molar-refractivity contribution >= 4 is 5.97 Å². The molecule has 3 heteroatoms. The van der Waals surface area contributed by atoms with Crippen LogP contribution in [-0.2, 0) is 4.79 Å². The summed E-state index contributed by atoms with van der Waals surface area (Å²) in [6, 6.07) is 0.339. The molecule has 0 bridgehead atoms. The molecule has 0 radical (unpaired) electrons. The van der Waals surface area contributed by atoms with Gasteiger partial charge in [0.05, 0.1) is 6.54 Å². The van der Waals surface area contributed by atoms with E-state index in [1.165, 1.54) is 0 Å². The first kappa shape index (κ1) is 11.4.